The zero-order valence-electron chi connectivity index (χ0n) is 12.8. The average Bonchev–Trinajstić information content (AvgIpc) is 2.92. The lowest BCUT2D eigenvalue weighted by Crippen LogP contribution is -2.35. The molecular formula is C14H23N5OS. The summed E-state index contributed by atoms with van der Waals surface area (Å²) in [4.78, 5) is 22.4. The maximum absolute atomic E-state index is 11.1. The molecule has 0 aliphatic carbocycles. The topological polar surface area (TPSA) is 70.2 Å². The Kier molecular flexibility index (Phi) is 5.67. The normalized spacial score (nSPS) is 17.9. The number of aromatic nitrogens is 2. The Bertz CT molecular complexity index is 496. The van der Waals surface area contributed by atoms with Crippen molar-refractivity contribution in [1.29, 1.82) is 0 Å². The van der Waals surface area contributed by atoms with Gasteiger partial charge >= 0.3 is 0 Å². The Labute approximate surface area is 130 Å². The van der Waals surface area contributed by atoms with Gasteiger partial charge in [-0.25, -0.2) is 9.97 Å². The van der Waals surface area contributed by atoms with Crippen LogP contribution in [0.5, 0.6) is 0 Å². The summed E-state index contributed by atoms with van der Waals surface area (Å²) in [5.41, 5.74) is 0. The fourth-order valence-corrected chi connectivity index (χ4v) is 2.76. The van der Waals surface area contributed by atoms with E-state index < -0.39 is 0 Å². The Morgan fingerprint density at radius 2 is 2.33 bits per heavy atom. The van der Waals surface area contributed by atoms with Crippen molar-refractivity contribution in [3.63, 3.8) is 0 Å². The van der Waals surface area contributed by atoms with Gasteiger partial charge in [0.25, 0.3) is 0 Å². The highest BCUT2D eigenvalue weighted by atomic mass is 32.2. The lowest BCUT2D eigenvalue weighted by atomic mass is 10.3. The van der Waals surface area contributed by atoms with Gasteiger partial charge in [0.15, 0.2) is 5.16 Å². The van der Waals surface area contributed by atoms with Crippen LogP contribution in [0.3, 0.4) is 0 Å². The third-order valence-electron chi connectivity index (χ3n) is 3.35. The van der Waals surface area contributed by atoms with E-state index in [9.17, 15) is 4.79 Å². The number of carbonyl (C=O) groups excluding carboxylic acids is 1. The Morgan fingerprint density at radius 3 is 3.00 bits per heavy atom. The van der Waals surface area contributed by atoms with Gasteiger partial charge in [-0.3, -0.25) is 4.79 Å². The van der Waals surface area contributed by atoms with E-state index in [1.165, 1.54) is 0 Å². The van der Waals surface area contributed by atoms with Crippen molar-refractivity contribution in [2.75, 3.05) is 36.1 Å². The van der Waals surface area contributed by atoms with E-state index in [0.717, 1.165) is 49.3 Å². The predicted molar refractivity (Wildman–Crippen MR) is 87.0 cm³/mol. The van der Waals surface area contributed by atoms with Crippen LogP contribution < -0.4 is 15.5 Å². The van der Waals surface area contributed by atoms with E-state index in [1.807, 2.05) is 12.3 Å². The second-order valence-corrected chi connectivity index (χ2v) is 5.93. The summed E-state index contributed by atoms with van der Waals surface area (Å²) >= 11 is 1.54. The molecule has 1 fully saturated rings. The summed E-state index contributed by atoms with van der Waals surface area (Å²) in [5.74, 6) is 1.83. The molecule has 0 aromatic carbocycles. The standard InChI is InChI=1S/C14H23N5OS/c1-4-6-15-12-8-13(18-14(17-12)21-3)19-7-5-11(9-19)16-10(2)20/h8,11H,4-7,9H2,1-3H3,(H,16,20)(H,15,17,18). The first kappa shape index (κ1) is 15.9. The van der Waals surface area contributed by atoms with Crippen molar-refractivity contribution in [3.8, 4) is 0 Å². The Hall–Kier alpha value is -1.50. The molecule has 0 saturated carbocycles. The highest BCUT2D eigenvalue weighted by Crippen LogP contribution is 2.23. The lowest BCUT2D eigenvalue weighted by Gasteiger charge is -2.19. The van der Waals surface area contributed by atoms with Crippen LogP contribution in [0, 0.1) is 0 Å². The number of rotatable bonds is 6. The highest BCUT2D eigenvalue weighted by Gasteiger charge is 2.24. The van der Waals surface area contributed by atoms with Gasteiger partial charge in [-0.05, 0) is 19.1 Å². The van der Waals surface area contributed by atoms with Gasteiger partial charge < -0.3 is 15.5 Å². The number of anilines is 2. The van der Waals surface area contributed by atoms with Crippen LogP contribution >= 0.6 is 11.8 Å². The summed E-state index contributed by atoms with van der Waals surface area (Å²) in [6, 6.07) is 2.20. The largest absolute Gasteiger partial charge is 0.370 e. The number of nitrogens with zero attached hydrogens (tertiary/aromatic N) is 3. The van der Waals surface area contributed by atoms with Gasteiger partial charge in [-0.2, -0.15) is 0 Å². The van der Waals surface area contributed by atoms with Crippen LogP contribution in [0.4, 0.5) is 11.6 Å². The number of nitrogens with one attached hydrogen (secondary N) is 2. The van der Waals surface area contributed by atoms with Crippen LogP contribution in [0.1, 0.15) is 26.7 Å². The molecule has 6 nitrogen and oxygen atoms in total. The van der Waals surface area contributed by atoms with Crippen LogP contribution in [-0.4, -0.2) is 47.8 Å². The van der Waals surface area contributed by atoms with Gasteiger partial charge in [0.2, 0.25) is 5.91 Å². The minimum atomic E-state index is 0.0274. The Balaban J connectivity index is 2.10. The van der Waals surface area contributed by atoms with Gasteiger partial charge in [0.1, 0.15) is 11.6 Å². The van der Waals surface area contributed by atoms with Crippen molar-refractivity contribution < 1.29 is 4.79 Å². The molecule has 7 heteroatoms. The van der Waals surface area contributed by atoms with Crippen molar-refractivity contribution in [2.45, 2.75) is 37.9 Å². The SMILES string of the molecule is CCCNc1cc(N2CCC(NC(C)=O)C2)nc(SC)n1. The minimum absolute atomic E-state index is 0.0274. The van der Waals surface area contributed by atoms with Gasteiger partial charge in [0, 0.05) is 38.7 Å². The summed E-state index contributed by atoms with van der Waals surface area (Å²) in [6.45, 7) is 6.30. The molecule has 2 heterocycles. The number of amides is 1. The van der Waals surface area contributed by atoms with Crippen LogP contribution in [0.2, 0.25) is 0 Å². The molecule has 1 unspecified atom stereocenters. The van der Waals surface area contributed by atoms with Crippen molar-refractivity contribution in [3.05, 3.63) is 6.07 Å². The van der Waals surface area contributed by atoms with E-state index in [0.29, 0.717) is 0 Å². The molecule has 0 bridgehead atoms. The molecule has 2 N–H and O–H groups in total. The number of hydrogen-bond acceptors (Lipinski definition) is 6. The second-order valence-electron chi connectivity index (χ2n) is 5.16. The maximum atomic E-state index is 11.1. The number of carbonyl (C=O) groups is 1. The molecule has 116 valence electrons. The number of thioether (sulfide) groups is 1. The maximum Gasteiger partial charge on any atom is 0.217 e. The summed E-state index contributed by atoms with van der Waals surface area (Å²) in [5, 5.41) is 7.06. The first-order valence-electron chi connectivity index (χ1n) is 7.31. The van der Waals surface area contributed by atoms with E-state index in [1.54, 1.807) is 18.7 Å². The van der Waals surface area contributed by atoms with Gasteiger partial charge in [0.05, 0.1) is 0 Å². The van der Waals surface area contributed by atoms with E-state index >= 15 is 0 Å². The molecule has 1 aromatic rings. The van der Waals surface area contributed by atoms with Crippen molar-refractivity contribution in [2.24, 2.45) is 0 Å². The first-order chi connectivity index (χ1) is 10.1. The molecule has 1 amide bonds. The lowest BCUT2D eigenvalue weighted by molar-refractivity contribution is -0.119. The molecule has 0 radical (unpaired) electrons. The average molecular weight is 309 g/mol. The van der Waals surface area contributed by atoms with Gasteiger partial charge in [-0.1, -0.05) is 18.7 Å². The molecule has 1 aliphatic rings. The quantitative estimate of drug-likeness (QED) is 0.616. The van der Waals surface area contributed by atoms with E-state index in [-0.39, 0.29) is 11.9 Å². The first-order valence-corrected chi connectivity index (χ1v) is 8.53. The van der Waals surface area contributed by atoms with Crippen LogP contribution in [0.25, 0.3) is 0 Å². The Morgan fingerprint density at radius 1 is 1.52 bits per heavy atom. The summed E-state index contributed by atoms with van der Waals surface area (Å²) in [7, 11) is 0. The zero-order chi connectivity index (χ0) is 15.2. The zero-order valence-corrected chi connectivity index (χ0v) is 13.7. The smallest absolute Gasteiger partial charge is 0.217 e. The minimum Gasteiger partial charge on any atom is -0.370 e. The van der Waals surface area contributed by atoms with Crippen molar-refractivity contribution >= 4 is 29.3 Å². The van der Waals surface area contributed by atoms with Gasteiger partial charge in [-0.15, -0.1) is 0 Å². The fraction of sp³-hybridized carbons (Fsp3) is 0.643. The van der Waals surface area contributed by atoms with E-state index in [2.05, 4.69) is 32.4 Å². The third kappa shape index (κ3) is 4.49. The molecule has 2 rings (SSSR count). The molecule has 1 atom stereocenters. The molecule has 21 heavy (non-hydrogen) atoms. The molecule has 1 saturated heterocycles. The predicted octanol–water partition coefficient (Wildman–Crippen LogP) is 1.74. The summed E-state index contributed by atoms with van der Waals surface area (Å²) < 4.78 is 0. The summed E-state index contributed by atoms with van der Waals surface area (Å²) in [6.07, 6.45) is 3.99. The molecule has 1 aliphatic heterocycles. The second kappa shape index (κ2) is 7.49. The highest BCUT2D eigenvalue weighted by molar-refractivity contribution is 7.98. The van der Waals surface area contributed by atoms with Crippen LogP contribution in [-0.2, 0) is 4.79 Å². The molecule has 1 aromatic heterocycles. The van der Waals surface area contributed by atoms with E-state index in [4.69, 9.17) is 0 Å². The molecule has 0 spiro atoms. The van der Waals surface area contributed by atoms with Crippen molar-refractivity contribution in [1.82, 2.24) is 15.3 Å². The molecular weight excluding hydrogens is 286 g/mol. The van der Waals surface area contributed by atoms with Crippen LogP contribution in [0.15, 0.2) is 11.2 Å². The third-order valence-corrected chi connectivity index (χ3v) is 3.90. The number of hydrogen-bond donors (Lipinski definition) is 2. The fourth-order valence-electron chi connectivity index (χ4n) is 2.38. The monoisotopic (exact) mass is 309 g/mol.